The number of carboxylic acids is 1. The van der Waals surface area contributed by atoms with Gasteiger partial charge < -0.3 is 9.84 Å². The van der Waals surface area contributed by atoms with Gasteiger partial charge in [-0.15, -0.1) is 0 Å². The van der Waals surface area contributed by atoms with Crippen molar-refractivity contribution in [2.45, 2.75) is 59.0 Å². The smallest absolute Gasteiger partial charge is 0.335 e. The van der Waals surface area contributed by atoms with Crippen molar-refractivity contribution in [2.75, 3.05) is 0 Å². The Balaban J connectivity index is 2.26. The average molecular weight is 385 g/mol. The second-order valence-corrected chi connectivity index (χ2v) is 7.05. The molecule has 0 bridgehead atoms. The fraction of sp³-hybridized carbons (Fsp3) is 0.409. The fourth-order valence-corrected chi connectivity index (χ4v) is 3.11. The number of nitro groups is 1. The van der Waals surface area contributed by atoms with Gasteiger partial charge in [0.05, 0.1) is 28.2 Å². The van der Waals surface area contributed by atoms with Crippen LogP contribution in [0.1, 0.15) is 61.9 Å². The molecule has 0 spiro atoms. The highest BCUT2D eigenvalue weighted by molar-refractivity contribution is 5.88. The van der Waals surface area contributed by atoms with E-state index >= 15 is 0 Å². The van der Waals surface area contributed by atoms with Gasteiger partial charge in [0.2, 0.25) is 0 Å². The molecule has 0 aliphatic carbocycles. The maximum absolute atomic E-state index is 11.6. The van der Waals surface area contributed by atoms with Gasteiger partial charge in [0, 0.05) is 0 Å². The zero-order chi connectivity index (χ0) is 20.7. The maximum atomic E-state index is 11.6. The molecule has 2 rings (SSSR count). The predicted octanol–water partition coefficient (Wildman–Crippen LogP) is 6.01. The van der Waals surface area contributed by atoms with Gasteiger partial charge in [0.1, 0.15) is 5.75 Å². The SMILES string of the molecule is CCCCCCC(C)Oc1cc([N+](=O)[O-])c(-c2ccc(C(=O)O)cc2)cc1C. The molecule has 1 N–H and O–H groups in total. The molecule has 1 unspecified atom stereocenters. The van der Waals surface area contributed by atoms with Crippen LogP contribution in [0.2, 0.25) is 0 Å². The minimum atomic E-state index is -1.03. The molecule has 0 saturated heterocycles. The zero-order valence-corrected chi connectivity index (χ0v) is 16.6. The van der Waals surface area contributed by atoms with Crippen molar-refractivity contribution in [2.24, 2.45) is 0 Å². The number of carbonyl (C=O) groups is 1. The average Bonchev–Trinajstić information content (AvgIpc) is 2.66. The summed E-state index contributed by atoms with van der Waals surface area (Å²) in [5.41, 5.74) is 1.94. The lowest BCUT2D eigenvalue weighted by Crippen LogP contribution is -2.12. The first-order chi connectivity index (χ1) is 13.3. The number of carboxylic acid groups (broad SMARTS) is 1. The molecular weight excluding hydrogens is 358 g/mol. The first-order valence-corrected chi connectivity index (χ1v) is 9.63. The quantitative estimate of drug-likeness (QED) is 0.307. The number of ether oxygens (including phenoxy) is 1. The number of hydrogen-bond acceptors (Lipinski definition) is 4. The number of unbranched alkanes of at least 4 members (excludes halogenated alkanes) is 3. The molecule has 0 fully saturated rings. The van der Waals surface area contributed by atoms with E-state index in [4.69, 9.17) is 9.84 Å². The Morgan fingerprint density at radius 2 is 1.86 bits per heavy atom. The molecule has 0 saturated carbocycles. The molecule has 0 amide bonds. The van der Waals surface area contributed by atoms with Gasteiger partial charge in [-0.2, -0.15) is 0 Å². The van der Waals surface area contributed by atoms with Gasteiger partial charge in [0.25, 0.3) is 5.69 Å². The van der Waals surface area contributed by atoms with Crippen LogP contribution in [0.5, 0.6) is 5.75 Å². The van der Waals surface area contributed by atoms with E-state index < -0.39 is 10.9 Å². The van der Waals surface area contributed by atoms with E-state index in [-0.39, 0.29) is 17.4 Å². The number of aryl methyl sites for hydroxylation is 1. The summed E-state index contributed by atoms with van der Waals surface area (Å²) in [6.07, 6.45) is 5.50. The van der Waals surface area contributed by atoms with E-state index in [0.29, 0.717) is 16.9 Å². The van der Waals surface area contributed by atoms with E-state index in [0.717, 1.165) is 24.8 Å². The molecule has 0 aromatic heterocycles. The van der Waals surface area contributed by atoms with Crippen molar-refractivity contribution in [3.05, 3.63) is 57.6 Å². The number of benzene rings is 2. The lowest BCUT2D eigenvalue weighted by Gasteiger charge is -2.17. The first kappa shape index (κ1) is 21.4. The third-order valence-corrected chi connectivity index (χ3v) is 4.73. The highest BCUT2D eigenvalue weighted by Crippen LogP contribution is 2.36. The highest BCUT2D eigenvalue weighted by Gasteiger charge is 2.20. The highest BCUT2D eigenvalue weighted by atomic mass is 16.6. The maximum Gasteiger partial charge on any atom is 0.335 e. The van der Waals surface area contributed by atoms with Crippen molar-refractivity contribution in [3.8, 4) is 16.9 Å². The Bertz CT molecular complexity index is 830. The number of hydrogen-bond donors (Lipinski definition) is 1. The summed E-state index contributed by atoms with van der Waals surface area (Å²) in [5, 5.41) is 20.6. The monoisotopic (exact) mass is 385 g/mol. The second kappa shape index (κ2) is 9.88. The molecule has 0 radical (unpaired) electrons. The minimum absolute atomic E-state index is 0.0177. The van der Waals surface area contributed by atoms with Crippen LogP contribution >= 0.6 is 0 Å². The summed E-state index contributed by atoms with van der Waals surface area (Å²) >= 11 is 0. The Hall–Kier alpha value is -2.89. The van der Waals surface area contributed by atoms with Crippen LogP contribution in [-0.2, 0) is 0 Å². The summed E-state index contributed by atoms with van der Waals surface area (Å²) < 4.78 is 5.98. The molecule has 2 aromatic rings. The van der Waals surface area contributed by atoms with Crippen LogP contribution in [0.4, 0.5) is 5.69 Å². The van der Waals surface area contributed by atoms with Gasteiger partial charge in [-0.25, -0.2) is 4.79 Å². The number of rotatable bonds is 10. The van der Waals surface area contributed by atoms with Crippen LogP contribution < -0.4 is 4.74 Å². The van der Waals surface area contributed by atoms with Crippen LogP contribution in [0, 0.1) is 17.0 Å². The summed E-state index contributed by atoms with van der Waals surface area (Å²) in [4.78, 5) is 22.2. The van der Waals surface area contributed by atoms with Gasteiger partial charge in [-0.1, -0.05) is 38.3 Å². The molecule has 0 aliphatic rings. The van der Waals surface area contributed by atoms with Crippen LogP contribution in [0.25, 0.3) is 11.1 Å². The summed E-state index contributed by atoms with van der Waals surface area (Å²) in [5.74, 6) is -0.519. The van der Waals surface area contributed by atoms with Gasteiger partial charge >= 0.3 is 5.97 Å². The first-order valence-electron chi connectivity index (χ1n) is 9.63. The standard InChI is InChI=1S/C22H27NO5/c1-4-5-6-7-8-16(3)28-21-14-20(23(26)27)19(13-15(21)2)17-9-11-18(12-10-17)22(24)25/h9-14,16H,4-8H2,1-3H3,(H,24,25). The van der Waals surface area contributed by atoms with Crippen LogP contribution in [0.15, 0.2) is 36.4 Å². The number of aromatic carboxylic acids is 1. The molecule has 2 aromatic carbocycles. The molecule has 0 aliphatic heterocycles. The third-order valence-electron chi connectivity index (χ3n) is 4.73. The lowest BCUT2D eigenvalue weighted by atomic mass is 9.99. The summed E-state index contributed by atoms with van der Waals surface area (Å²) in [7, 11) is 0. The largest absolute Gasteiger partial charge is 0.490 e. The van der Waals surface area contributed by atoms with E-state index in [1.807, 2.05) is 13.8 Å². The van der Waals surface area contributed by atoms with Gasteiger partial charge in [-0.3, -0.25) is 10.1 Å². The van der Waals surface area contributed by atoms with E-state index in [1.165, 1.54) is 31.0 Å². The van der Waals surface area contributed by atoms with E-state index in [1.54, 1.807) is 18.2 Å². The van der Waals surface area contributed by atoms with Crippen LogP contribution in [-0.4, -0.2) is 22.1 Å². The molecule has 1 atom stereocenters. The van der Waals surface area contributed by atoms with Gasteiger partial charge in [0.15, 0.2) is 0 Å². The Morgan fingerprint density at radius 3 is 2.43 bits per heavy atom. The summed E-state index contributed by atoms with van der Waals surface area (Å²) in [6.45, 7) is 6.01. The predicted molar refractivity (Wildman–Crippen MR) is 109 cm³/mol. The zero-order valence-electron chi connectivity index (χ0n) is 16.6. The Labute approximate surface area is 165 Å². The van der Waals surface area contributed by atoms with Crippen molar-refractivity contribution in [1.29, 1.82) is 0 Å². The van der Waals surface area contributed by atoms with Crippen molar-refractivity contribution in [3.63, 3.8) is 0 Å². The molecular formula is C22H27NO5. The lowest BCUT2D eigenvalue weighted by molar-refractivity contribution is -0.384. The van der Waals surface area contributed by atoms with E-state index in [9.17, 15) is 14.9 Å². The fourth-order valence-electron chi connectivity index (χ4n) is 3.11. The molecule has 28 heavy (non-hydrogen) atoms. The van der Waals surface area contributed by atoms with E-state index in [2.05, 4.69) is 6.92 Å². The van der Waals surface area contributed by atoms with Crippen molar-refractivity contribution >= 4 is 11.7 Å². The Morgan fingerprint density at radius 1 is 1.18 bits per heavy atom. The molecule has 0 heterocycles. The Kier molecular flexibility index (Phi) is 7.55. The van der Waals surface area contributed by atoms with Crippen molar-refractivity contribution < 1.29 is 19.6 Å². The molecule has 6 nitrogen and oxygen atoms in total. The third kappa shape index (κ3) is 5.55. The topological polar surface area (TPSA) is 89.7 Å². The molecule has 6 heteroatoms. The number of nitrogens with zero attached hydrogens (tertiary/aromatic N) is 1. The summed E-state index contributed by atoms with van der Waals surface area (Å²) in [6, 6.07) is 9.26. The molecule has 150 valence electrons. The van der Waals surface area contributed by atoms with Crippen molar-refractivity contribution in [1.82, 2.24) is 0 Å². The second-order valence-electron chi connectivity index (χ2n) is 7.05. The number of nitro benzene ring substituents is 1. The van der Waals surface area contributed by atoms with Crippen LogP contribution in [0.3, 0.4) is 0 Å². The minimum Gasteiger partial charge on any atom is -0.490 e. The normalized spacial score (nSPS) is 11.8. The van der Waals surface area contributed by atoms with Gasteiger partial charge in [-0.05, 0) is 56.0 Å².